The van der Waals surface area contributed by atoms with Crippen LogP contribution in [0.5, 0.6) is 0 Å². The average molecular weight is 822 g/mol. The standard InChI is InChI=1S/C44H55NO14/c1-27(46)51-25-34-37(56-28(2)47)38(57-29(3)48)35(45-43(50)44(4,5)6)42(59-34)55-26-33-36(52-22-30-16-10-7-11-17-30)39(53-23-31-18-12-8-13-19-31)40(41(49)58-33)54-24-32-20-14-9-15-21-32/h7-21,33-42,49H,22-26H2,1-6H3,(H,45,50)/t33-,34-,35-,36-,37-,38-,39+,40-,41+,42-/m1/s1. The zero-order chi connectivity index (χ0) is 42.5. The van der Waals surface area contributed by atoms with Gasteiger partial charge in [0.05, 0.1) is 26.4 Å². The van der Waals surface area contributed by atoms with E-state index in [0.717, 1.165) is 30.5 Å². The van der Waals surface area contributed by atoms with Gasteiger partial charge in [-0.05, 0) is 16.7 Å². The van der Waals surface area contributed by atoms with Crippen LogP contribution in [0.15, 0.2) is 91.0 Å². The van der Waals surface area contributed by atoms with E-state index in [1.54, 1.807) is 20.8 Å². The number of esters is 3. The lowest BCUT2D eigenvalue weighted by Crippen LogP contribution is -2.68. The van der Waals surface area contributed by atoms with Gasteiger partial charge in [-0.2, -0.15) is 0 Å². The lowest BCUT2D eigenvalue weighted by molar-refractivity contribution is -0.330. The molecule has 0 spiro atoms. The maximum atomic E-state index is 13.5. The molecule has 2 aliphatic heterocycles. The summed E-state index contributed by atoms with van der Waals surface area (Å²) in [6.07, 6.45) is -10.7. The summed E-state index contributed by atoms with van der Waals surface area (Å²) in [5.74, 6) is -2.59. The topological polar surface area (TPSA) is 184 Å². The molecule has 15 nitrogen and oxygen atoms in total. The molecule has 2 fully saturated rings. The van der Waals surface area contributed by atoms with Crippen molar-refractivity contribution in [3.05, 3.63) is 108 Å². The van der Waals surface area contributed by atoms with Crippen LogP contribution in [0.1, 0.15) is 58.2 Å². The number of nitrogens with one attached hydrogen (secondary N) is 1. The van der Waals surface area contributed by atoms with Crippen LogP contribution in [0.3, 0.4) is 0 Å². The van der Waals surface area contributed by atoms with Gasteiger partial charge in [0.2, 0.25) is 5.91 Å². The summed E-state index contributed by atoms with van der Waals surface area (Å²) >= 11 is 0. The molecule has 2 aliphatic rings. The Morgan fingerprint density at radius 3 is 1.51 bits per heavy atom. The molecule has 0 bridgehead atoms. The number of amides is 1. The van der Waals surface area contributed by atoms with Crippen LogP contribution in [0.25, 0.3) is 0 Å². The van der Waals surface area contributed by atoms with E-state index in [1.807, 2.05) is 91.0 Å². The van der Waals surface area contributed by atoms with Crippen molar-refractivity contribution in [1.29, 1.82) is 0 Å². The SMILES string of the molecule is CC(=O)OC[C@H]1O[C@@H](OC[C@H]2O[C@H](O)[C@H](OCc3ccccc3)[C@@H](OCc3ccccc3)[C@@H]2OCc2ccccc2)[C@H](NC(=O)C(C)(C)C)[C@@H](OC(C)=O)[C@@H]1OC(C)=O. The van der Waals surface area contributed by atoms with Crippen molar-refractivity contribution < 1.29 is 66.9 Å². The molecule has 2 saturated heterocycles. The predicted molar refractivity (Wildman–Crippen MR) is 210 cm³/mol. The molecule has 0 aromatic heterocycles. The minimum absolute atomic E-state index is 0.130. The van der Waals surface area contributed by atoms with Crippen molar-refractivity contribution in [2.24, 2.45) is 5.41 Å². The number of ether oxygens (including phenoxy) is 9. The fourth-order valence-electron chi connectivity index (χ4n) is 6.65. The summed E-state index contributed by atoms with van der Waals surface area (Å²) in [4.78, 5) is 50.4. The smallest absolute Gasteiger partial charge is 0.303 e. The minimum Gasteiger partial charge on any atom is -0.463 e. The van der Waals surface area contributed by atoms with E-state index in [1.165, 1.54) is 6.92 Å². The predicted octanol–water partition coefficient (Wildman–Crippen LogP) is 4.16. The van der Waals surface area contributed by atoms with Crippen LogP contribution >= 0.6 is 0 Å². The van der Waals surface area contributed by atoms with Crippen LogP contribution in [0.2, 0.25) is 0 Å². The molecule has 0 saturated carbocycles. The largest absolute Gasteiger partial charge is 0.463 e. The number of benzene rings is 3. The third-order valence-corrected chi connectivity index (χ3v) is 9.57. The second kappa shape index (κ2) is 21.5. The maximum Gasteiger partial charge on any atom is 0.303 e. The van der Waals surface area contributed by atoms with Gasteiger partial charge in [-0.3, -0.25) is 19.2 Å². The van der Waals surface area contributed by atoms with Crippen molar-refractivity contribution in [1.82, 2.24) is 5.32 Å². The summed E-state index contributed by atoms with van der Waals surface area (Å²) in [5.41, 5.74) is 1.67. The number of hydrogen-bond acceptors (Lipinski definition) is 14. The molecule has 3 aromatic carbocycles. The van der Waals surface area contributed by atoms with Gasteiger partial charge in [0, 0.05) is 26.2 Å². The van der Waals surface area contributed by atoms with Gasteiger partial charge >= 0.3 is 17.9 Å². The van der Waals surface area contributed by atoms with Crippen molar-refractivity contribution in [3.8, 4) is 0 Å². The molecule has 15 heteroatoms. The third kappa shape index (κ3) is 13.4. The van der Waals surface area contributed by atoms with Crippen LogP contribution in [-0.2, 0) is 81.6 Å². The van der Waals surface area contributed by atoms with E-state index in [4.69, 9.17) is 42.6 Å². The van der Waals surface area contributed by atoms with E-state index in [9.17, 15) is 24.3 Å². The Balaban J connectivity index is 1.49. The average Bonchev–Trinajstić information content (AvgIpc) is 3.19. The van der Waals surface area contributed by atoms with Gasteiger partial charge in [-0.25, -0.2) is 0 Å². The fraction of sp³-hybridized carbons (Fsp3) is 0.500. The molecule has 2 N–H and O–H groups in total. The third-order valence-electron chi connectivity index (χ3n) is 9.57. The summed E-state index contributed by atoms with van der Waals surface area (Å²) < 4.78 is 55.1. The van der Waals surface area contributed by atoms with Gasteiger partial charge in [0.15, 0.2) is 24.8 Å². The van der Waals surface area contributed by atoms with E-state index >= 15 is 0 Å². The first-order chi connectivity index (χ1) is 28.2. The van der Waals surface area contributed by atoms with E-state index in [2.05, 4.69) is 5.32 Å². The van der Waals surface area contributed by atoms with Gasteiger partial charge in [0.1, 0.15) is 43.2 Å². The van der Waals surface area contributed by atoms with Crippen molar-refractivity contribution in [2.45, 2.75) is 123 Å². The Morgan fingerprint density at radius 2 is 1.03 bits per heavy atom. The molecule has 5 rings (SSSR count). The minimum atomic E-state index is -1.52. The van der Waals surface area contributed by atoms with Crippen LogP contribution in [0.4, 0.5) is 0 Å². The van der Waals surface area contributed by atoms with E-state index in [-0.39, 0.29) is 26.4 Å². The highest BCUT2D eigenvalue weighted by molar-refractivity contribution is 5.81. The quantitative estimate of drug-likeness (QED) is 0.146. The van der Waals surface area contributed by atoms with Gasteiger partial charge < -0.3 is 53.1 Å². The van der Waals surface area contributed by atoms with E-state index in [0.29, 0.717) is 0 Å². The monoisotopic (exact) mass is 821 g/mol. The molecule has 59 heavy (non-hydrogen) atoms. The summed E-state index contributed by atoms with van der Waals surface area (Å²) in [5, 5.41) is 14.5. The Hall–Kier alpha value is -4.74. The molecular formula is C44H55NO14. The zero-order valence-electron chi connectivity index (χ0n) is 34.2. The highest BCUT2D eigenvalue weighted by atomic mass is 16.7. The van der Waals surface area contributed by atoms with Gasteiger partial charge in [0.25, 0.3) is 0 Å². The first kappa shape index (κ1) is 45.3. The maximum absolute atomic E-state index is 13.5. The van der Waals surface area contributed by atoms with Gasteiger partial charge in [-0.1, -0.05) is 112 Å². The highest BCUT2D eigenvalue weighted by Gasteiger charge is 2.53. The first-order valence-corrected chi connectivity index (χ1v) is 19.6. The summed E-state index contributed by atoms with van der Waals surface area (Å²) in [6.45, 7) is 8.26. The fourth-order valence-corrected chi connectivity index (χ4v) is 6.65. The summed E-state index contributed by atoms with van der Waals surface area (Å²) in [6, 6.07) is 27.2. The van der Waals surface area contributed by atoms with Crippen molar-refractivity contribution >= 4 is 23.8 Å². The molecule has 0 aliphatic carbocycles. The summed E-state index contributed by atoms with van der Waals surface area (Å²) in [7, 11) is 0. The molecule has 3 aromatic rings. The lowest BCUT2D eigenvalue weighted by atomic mass is 9.92. The van der Waals surface area contributed by atoms with Crippen molar-refractivity contribution in [2.75, 3.05) is 13.2 Å². The number of carbonyl (C=O) groups is 4. The van der Waals surface area contributed by atoms with E-state index < -0.39 is 97.2 Å². The van der Waals surface area contributed by atoms with Crippen LogP contribution in [0, 0.1) is 5.41 Å². The zero-order valence-corrected chi connectivity index (χ0v) is 34.2. The lowest BCUT2D eigenvalue weighted by Gasteiger charge is -2.47. The Bertz CT molecular complexity index is 1790. The second-order valence-electron chi connectivity index (χ2n) is 15.4. The van der Waals surface area contributed by atoms with Crippen LogP contribution < -0.4 is 5.32 Å². The number of rotatable bonds is 17. The molecule has 1 amide bonds. The second-order valence-corrected chi connectivity index (χ2v) is 15.4. The number of carbonyl (C=O) groups excluding carboxylic acids is 4. The van der Waals surface area contributed by atoms with Crippen molar-refractivity contribution in [3.63, 3.8) is 0 Å². The number of aliphatic hydroxyl groups is 1. The molecule has 320 valence electrons. The molecule has 0 unspecified atom stereocenters. The molecular weight excluding hydrogens is 766 g/mol. The Morgan fingerprint density at radius 1 is 0.576 bits per heavy atom. The number of aliphatic hydroxyl groups excluding tert-OH is 1. The molecule has 0 radical (unpaired) electrons. The Labute approximate surface area is 344 Å². The van der Waals surface area contributed by atoms with Gasteiger partial charge in [-0.15, -0.1) is 0 Å². The molecule has 2 heterocycles. The van der Waals surface area contributed by atoms with Crippen LogP contribution in [-0.4, -0.2) is 103 Å². The number of hydrogen-bond donors (Lipinski definition) is 2. The normalized spacial score (nSPS) is 27.0. The molecule has 10 atom stereocenters. The highest BCUT2D eigenvalue weighted by Crippen LogP contribution is 2.33. The first-order valence-electron chi connectivity index (χ1n) is 19.6. The Kier molecular flexibility index (Phi) is 16.5.